The molecule has 0 aliphatic carbocycles. The molecule has 0 bridgehead atoms. The standard InChI is InChI=1S/C8H10O.C4H8O2/c1-9-7-8-5-3-2-4-6-8;1-3-6-4(2)5/h2-6H,7H2,1H3;3H2,1-2H3. The fourth-order valence-corrected chi connectivity index (χ4v) is 0.944. The van der Waals surface area contributed by atoms with Gasteiger partial charge in [-0.15, -0.1) is 0 Å². The minimum absolute atomic E-state index is 0.211. The molecular formula is C12H18O3. The van der Waals surface area contributed by atoms with Crippen molar-refractivity contribution in [2.24, 2.45) is 0 Å². The van der Waals surface area contributed by atoms with Gasteiger partial charge in [0.15, 0.2) is 0 Å². The fraction of sp³-hybridized carbons (Fsp3) is 0.417. The Kier molecular flexibility index (Phi) is 8.39. The van der Waals surface area contributed by atoms with Gasteiger partial charge < -0.3 is 9.47 Å². The molecule has 0 radical (unpaired) electrons. The van der Waals surface area contributed by atoms with Crippen LogP contribution in [0.3, 0.4) is 0 Å². The quantitative estimate of drug-likeness (QED) is 0.719. The van der Waals surface area contributed by atoms with E-state index in [0.29, 0.717) is 13.2 Å². The summed E-state index contributed by atoms with van der Waals surface area (Å²) in [6.45, 7) is 4.36. The van der Waals surface area contributed by atoms with Gasteiger partial charge in [-0.05, 0) is 12.5 Å². The minimum Gasteiger partial charge on any atom is -0.466 e. The zero-order valence-corrected chi connectivity index (χ0v) is 9.53. The molecule has 0 aromatic heterocycles. The Morgan fingerprint density at radius 2 is 1.87 bits per heavy atom. The van der Waals surface area contributed by atoms with Gasteiger partial charge in [-0.25, -0.2) is 0 Å². The second-order valence-electron chi connectivity index (χ2n) is 2.84. The number of ether oxygens (including phenoxy) is 2. The Morgan fingerprint density at radius 3 is 2.20 bits per heavy atom. The number of hydrogen-bond donors (Lipinski definition) is 0. The van der Waals surface area contributed by atoms with Crippen LogP contribution in [-0.4, -0.2) is 19.7 Å². The number of benzene rings is 1. The van der Waals surface area contributed by atoms with E-state index in [4.69, 9.17) is 4.74 Å². The molecule has 3 heteroatoms. The summed E-state index contributed by atoms with van der Waals surface area (Å²) in [5.41, 5.74) is 1.22. The minimum atomic E-state index is -0.211. The van der Waals surface area contributed by atoms with E-state index in [1.54, 1.807) is 14.0 Å². The molecule has 0 aliphatic rings. The van der Waals surface area contributed by atoms with E-state index in [0.717, 1.165) is 0 Å². The Hall–Kier alpha value is -1.35. The molecule has 0 unspecified atom stereocenters. The van der Waals surface area contributed by atoms with E-state index in [2.05, 4.69) is 4.74 Å². The summed E-state index contributed by atoms with van der Waals surface area (Å²) in [5.74, 6) is -0.211. The first kappa shape index (κ1) is 13.7. The highest BCUT2D eigenvalue weighted by molar-refractivity contribution is 5.65. The van der Waals surface area contributed by atoms with Crippen molar-refractivity contribution in [1.29, 1.82) is 0 Å². The van der Waals surface area contributed by atoms with Crippen LogP contribution in [0.1, 0.15) is 19.4 Å². The highest BCUT2D eigenvalue weighted by Crippen LogP contribution is 1.98. The molecule has 1 aromatic carbocycles. The van der Waals surface area contributed by atoms with E-state index in [1.807, 2.05) is 30.3 Å². The molecule has 0 saturated carbocycles. The van der Waals surface area contributed by atoms with Crippen LogP contribution in [0.15, 0.2) is 30.3 Å². The average Bonchev–Trinajstić information content (AvgIpc) is 2.20. The summed E-state index contributed by atoms with van der Waals surface area (Å²) < 4.78 is 9.33. The topological polar surface area (TPSA) is 35.5 Å². The van der Waals surface area contributed by atoms with E-state index in [1.165, 1.54) is 12.5 Å². The SMILES string of the molecule is CCOC(C)=O.COCc1ccccc1. The van der Waals surface area contributed by atoms with Crippen LogP contribution in [0.5, 0.6) is 0 Å². The van der Waals surface area contributed by atoms with Gasteiger partial charge in [-0.3, -0.25) is 4.79 Å². The van der Waals surface area contributed by atoms with Gasteiger partial charge in [0, 0.05) is 14.0 Å². The molecule has 84 valence electrons. The maximum absolute atomic E-state index is 9.82. The maximum atomic E-state index is 9.82. The largest absolute Gasteiger partial charge is 0.466 e. The van der Waals surface area contributed by atoms with Crippen LogP contribution in [-0.2, 0) is 20.9 Å². The number of carbonyl (C=O) groups is 1. The summed E-state index contributed by atoms with van der Waals surface area (Å²) >= 11 is 0. The molecule has 0 atom stereocenters. The molecule has 0 amide bonds. The lowest BCUT2D eigenvalue weighted by atomic mass is 10.2. The van der Waals surface area contributed by atoms with Crippen molar-refractivity contribution in [3.8, 4) is 0 Å². The molecule has 1 rings (SSSR count). The second-order valence-corrected chi connectivity index (χ2v) is 2.84. The van der Waals surface area contributed by atoms with Crippen molar-refractivity contribution in [2.45, 2.75) is 20.5 Å². The van der Waals surface area contributed by atoms with Crippen molar-refractivity contribution in [3.63, 3.8) is 0 Å². The van der Waals surface area contributed by atoms with Gasteiger partial charge in [0.05, 0.1) is 13.2 Å². The Bertz CT molecular complexity index is 257. The summed E-state index contributed by atoms with van der Waals surface area (Å²) in [7, 11) is 1.70. The number of methoxy groups -OCH3 is 1. The third-order valence-electron chi connectivity index (χ3n) is 1.50. The lowest BCUT2D eigenvalue weighted by Gasteiger charge is -1.95. The van der Waals surface area contributed by atoms with Crippen LogP contribution in [0, 0.1) is 0 Å². The van der Waals surface area contributed by atoms with Crippen molar-refractivity contribution in [2.75, 3.05) is 13.7 Å². The number of hydrogen-bond acceptors (Lipinski definition) is 3. The molecule has 3 nitrogen and oxygen atoms in total. The third kappa shape index (κ3) is 8.97. The highest BCUT2D eigenvalue weighted by atomic mass is 16.5. The smallest absolute Gasteiger partial charge is 0.302 e. The second kappa shape index (κ2) is 9.21. The zero-order valence-electron chi connectivity index (χ0n) is 9.53. The van der Waals surface area contributed by atoms with Gasteiger partial charge in [-0.1, -0.05) is 30.3 Å². The molecular weight excluding hydrogens is 192 g/mol. The monoisotopic (exact) mass is 210 g/mol. The molecule has 0 heterocycles. The van der Waals surface area contributed by atoms with Crippen molar-refractivity contribution >= 4 is 5.97 Å². The van der Waals surface area contributed by atoms with E-state index >= 15 is 0 Å². The molecule has 0 aliphatic heterocycles. The average molecular weight is 210 g/mol. The summed E-state index contributed by atoms with van der Waals surface area (Å²) in [6, 6.07) is 10.1. The number of rotatable bonds is 3. The third-order valence-corrected chi connectivity index (χ3v) is 1.50. The summed E-state index contributed by atoms with van der Waals surface area (Å²) in [5, 5.41) is 0. The Balaban J connectivity index is 0.000000288. The predicted octanol–water partition coefficient (Wildman–Crippen LogP) is 2.40. The highest BCUT2D eigenvalue weighted by Gasteiger charge is 1.84. The fourth-order valence-electron chi connectivity index (χ4n) is 0.944. The van der Waals surface area contributed by atoms with Gasteiger partial charge in [0.2, 0.25) is 0 Å². The molecule has 0 saturated heterocycles. The number of esters is 1. The summed E-state index contributed by atoms with van der Waals surface area (Å²) in [6.07, 6.45) is 0. The van der Waals surface area contributed by atoms with Crippen LogP contribution in [0.2, 0.25) is 0 Å². The first-order valence-electron chi connectivity index (χ1n) is 4.87. The zero-order chi connectivity index (χ0) is 11.5. The van der Waals surface area contributed by atoms with Crippen molar-refractivity contribution < 1.29 is 14.3 Å². The van der Waals surface area contributed by atoms with E-state index in [9.17, 15) is 4.79 Å². The van der Waals surface area contributed by atoms with E-state index < -0.39 is 0 Å². The lowest BCUT2D eigenvalue weighted by Crippen LogP contribution is -1.95. The molecule has 0 spiro atoms. The maximum Gasteiger partial charge on any atom is 0.302 e. The van der Waals surface area contributed by atoms with Gasteiger partial charge in [0.25, 0.3) is 0 Å². The Labute approximate surface area is 91.0 Å². The van der Waals surface area contributed by atoms with Crippen molar-refractivity contribution in [3.05, 3.63) is 35.9 Å². The van der Waals surface area contributed by atoms with Crippen LogP contribution < -0.4 is 0 Å². The normalized spacial score (nSPS) is 8.73. The molecule has 1 aromatic rings. The van der Waals surface area contributed by atoms with Crippen LogP contribution >= 0.6 is 0 Å². The predicted molar refractivity (Wildman–Crippen MR) is 59.5 cm³/mol. The van der Waals surface area contributed by atoms with Crippen LogP contribution in [0.25, 0.3) is 0 Å². The number of carbonyl (C=O) groups excluding carboxylic acids is 1. The van der Waals surface area contributed by atoms with Gasteiger partial charge >= 0.3 is 5.97 Å². The van der Waals surface area contributed by atoms with Gasteiger partial charge in [-0.2, -0.15) is 0 Å². The van der Waals surface area contributed by atoms with Gasteiger partial charge in [0.1, 0.15) is 0 Å². The first-order chi connectivity index (χ1) is 7.20. The van der Waals surface area contributed by atoms with Crippen molar-refractivity contribution in [1.82, 2.24) is 0 Å². The molecule has 15 heavy (non-hydrogen) atoms. The van der Waals surface area contributed by atoms with Crippen LogP contribution in [0.4, 0.5) is 0 Å². The Morgan fingerprint density at radius 1 is 1.27 bits per heavy atom. The van der Waals surface area contributed by atoms with E-state index in [-0.39, 0.29) is 5.97 Å². The first-order valence-corrected chi connectivity index (χ1v) is 4.87. The lowest BCUT2D eigenvalue weighted by molar-refractivity contribution is -0.140. The molecule has 0 N–H and O–H groups in total. The molecule has 0 fully saturated rings. The summed E-state index contributed by atoms with van der Waals surface area (Å²) in [4.78, 5) is 9.82.